The van der Waals surface area contributed by atoms with Crippen LogP contribution in [0.2, 0.25) is 5.02 Å². The Morgan fingerprint density at radius 2 is 2.12 bits per heavy atom. The summed E-state index contributed by atoms with van der Waals surface area (Å²) < 4.78 is 25.6. The number of hydrogen-bond acceptors (Lipinski definition) is 6. The molecule has 1 fully saturated rings. The first kappa shape index (κ1) is 22.1. The minimum atomic E-state index is -0.414. The van der Waals surface area contributed by atoms with Crippen molar-refractivity contribution in [1.82, 2.24) is 9.88 Å². The lowest BCUT2D eigenvalue weighted by Crippen LogP contribution is -2.39. The highest BCUT2D eigenvalue weighted by molar-refractivity contribution is 6.37. The number of fused-ring (bicyclic) bond motifs is 2. The monoisotopic (exact) mass is 472 g/mol. The zero-order valence-corrected chi connectivity index (χ0v) is 19.2. The fraction of sp³-hybridized carbons (Fsp3) is 0.417. The lowest BCUT2D eigenvalue weighted by Gasteiger charge is -2.26. The molecule has 2 N–H and O–H groups in total. The number of carbonyl (C=O) groups is 1. The first-order valence-corrected chi connectivity index (χ1v) is 11.7. The van der Waals surface area contributed by atoms with E-state index >= 15 is 0 Å². The number of amides is 1. The lowest BCUT2D eigenvalue weighted by atomic mass is 9.99. The normalized spacial score (nSPS) is 22.0. The molecule has 9 heteroatoms. The first-order valence-electron chi connectivity index (χ1n) is 11.3. The van der Waals surface area contributed by atoms with Crippen LogP contribution in [0.4, 0.5) is 15.9 Å². The van der Waals surface area contributed by atoms with Gasteiger partial charge in [0, 0.05) is 54.8 Å². The van der Waals surface area contributed by atoms with E-state index in [0.717, 1.165) is 51.3 Å². The maximum Gasteiger partial charge on any atom is 0.260 e. The molecule has 2 aromatic rings. The SMILES string of the molecule is CCCC1OC(=C2C(=O)Nc3ccc(F)cc32)c2cnc(NCCN3CCOCC3)c(Cl)c21. The Hall–Kier alpha value is -2.68. The average Bonchev–Trinajstić information content (AvgIpc) is 3.32. The predicted octanol–water partition coefficient (Wildman–Crippen LogP) is 4.31. The first-order chi connectivity index (χ1) is 16.1. The summed E-state index contributed by atoms with van der Waals surface area (Å²) >= 11 is 6.82. The third kappa shape index (κ3) is 4.18. The van der Waals surface area contributed by atoms with E-state index in [1.165, 1.54) is 12.1 Å². The van der Waals surface area contributed by atoms with Gasteiger partial charge in [-0.25, -0.2) is 9.37 Å². The smallest absolute Gasteiger partial charge is 0.260 e. The second-order valence-corrected chi connectivity index (χ2v) is 8.75. The molecule has 1 unspecified atom stereocenters. The summed E-state index contributed by atoms with van der Waals surface area (Å²) in [7, 11) is 0. The van der Waals surface area contributed by atoms with Gasteiger partial charge < -0.3 is 20.1 Å². The van der Waals surface area contributed by atoms with Crippen LogP contribution in [0, 0.1) is 5.82 Å². The summed E-state index contributed by atoms with van der Waals surface area (Å²) in [5.74, 6) is 0.265. The molecule has 0 spiro atoms. The minimum absolute atomic E-state index is 0.298. The molecule has 0 radical (unpaired) electrons. The quantitative estimate of drug-likeness (QED) is 0.610. The van der Waals surface area contributed by atoms with E-state index in [4.69, 9.17) is 21.1 Å². The maximum absolute atomic E-state index is 14.0. The van der Waals surface area contributed by atoms with Crippen molar-refractivity contribution in [2.75, 3.05) is 50.0 Å². The number of pyridine rings is 1. The molecule has 0 saturated carbocycles. The average molecular weight is 473 g/mol. The van der Waals surface area contributed by atoms with Crippen LogP contribution in [-0.4, -0.2) is 55.2 Å². The summed E-state index contributed by atoms with van der Waals surface area (Å²) in [6.45, 7) is 6.98. The third-order valence-corrected chi connectivity index (χ3v) is 6.59. The van der Waals surface area contributed by atoms with Crippen molar-refractivity contribution in [2.24, 2.45) is 0 Å². The van der Waals surface area contributed by atoms with Crippen molar-refractivity contribution in [1.29, 1.82) is 0 Å². The van der Waals surface area contributed by atoms with Gasteiger partial charge in [0.15, 0.2) is 0 Å². The van der Waals surface area contributed by atoms with Gasteiger partial charge in [0.05, 0.1) is 23.8 Å². The van der Waals surface area contributed by atoms with Crippen LogP contribution in [0.15, 0.2) is 24.4 Å². The molecule has 1 amide bonds. The number of nitrogens with one attached hydrogen (secondary N) is 2. The molecule has 7 nitrogen and oxygen atoms in total. The molecule has 5 rings (SSSR count). The van der Waals surface area contributed by atoms with Gasteiger partial charge in [0.1, 0.15) is 23.5 Å². The Labute approximate surface area is 196 Å². The van der Waals surface area contributed by atoms with Gasteiger partial charge in [-0.15, -0.1) is 0 Å². The van der Waals surface area contributed by atoms with Crippen LogP contribution in [-0.2, 0) is 14.3 Å². The molecule has 33 heavy (non-hydrogen) atoms. The van der Waals surface area contributed by atoms with Crippen molar-refractivity contribution >= 4 is 40.3 Å². The van der Waals surface area contributed by atoms with Gasteiger partial charge >= 0.3 is 0 Å². The molecule has 1 aromatic carbocycles. The number of rotatable bonds is 6. The van der Waals surface area contributed by atoms with E-state index in [1.807, 2.05) is 0 Å². The largest absolute Gasteiger partial charge is 0.484 e. The van der Waals surface area contributed by atoms with Crippen LogP contribution in [0.3, 0.4) is 0 Å². The van der Waals surface area contributed by atoms with E-state index in [9.17, 15) is 9.18 Å². The van der Waals surface area contributed by atoms with Gasteiger partial charge in [-0.3, -0.25) is 9.69 Å². The van der Waals surface area contributed by atoms with Crippen LogP contribution < -0.4 is 10.6 Å². The van der Waals surface area contributed by atoms with Crippen molar-refractivity contribution in [2.45, 2.75) is 25.9 Å². The highest BCUT2D eigenvalue weighted by Gasteiger charge is 2.38. The third-order valence-electron chi connectivity index (χ3n) is 6.21. The molecular weight excluding hydrogens is 447 g/mol. The van der Waals surface area contributed by atoms with E-state index in [1.54, 1.807) is 12.3 Å². The number of benzene rings is 1. The Morgan fingerprint density at radius 3 is 2.91 bits per heavy atom. The van der Waals surface area contributed by atoms with Gasteiger partial charge in [-0.1, -0.05) is 24.9 Å². The Bertz CT molecular complexity index is 1120. The molecule has 1 saturated heterocycles. The van der Waals surface area contributed by atoms with Gasteiger partial charge in [-0.05, 0) is 24.6 Å². The zero-order chi connectivity index (χ0) is 22.9. The molecule has 3 aliphatic rings. The standard InChI is InChI=1S/C24H26ClFN4O3/c1-2-3-18-19-16(13-28-23(21(19)25)27-6-7-30-8-10-32-11-9-30)22(33-18)20-15-12-14(26)4-5-17(15)29-24(20)31/h4-5,12-13,18H,2-3,6-11H2,1H3,(H,27,28)(H,29,31). The lowest BCUT2D eigenvalue weighted by molar-refractivity contribution is -0.110. The fourth-order valence-electron chi connectivity index (χ4n) is 4.57. The second kappa shape index (κ2) is 9.29. The van der Waals surface area contributed by atoms with E-state index in [-0.39, 0.29) is 12.0 Å². The Balaban J connectivity index is 1.47. The summed E-state index contributed by atoms with van der Waals surface area (Å²) in [5.41, 5.74) is 2.87. The van der Waals surface area contributed by atoms with Gasteiger partial charge in [0.2, 0.25) is 0 Å². The number of carbonyl (C=O) groups excluding carboxylic acids is 1. The number of halogens is 2. The minimum Gasteiger partial charge on any atom is -0.484 e. The number of hydrogen-bond donors (Lipinski definition) is 2. The number of ether oxygens (including phenoxy) is 2. The Morgan fingerprint density at radius 1 is 1.30 bits per heavy atom. The topological polar surface area (TPSA) is 75.7 Å². The number of anilines is 2. The molecule has 4 heterocycles. The number of nitrogens with zero attached hydrogens (tertiary/aromatic N) is 2. The summed E-state index contributed by atoms with van der Waals surface area (Å²) in [6.07, 6.45) is 3.01. The van der Waals surface area contributed by atoms with Gasteiger partial charge in [-0.2, -0.15) is 0 Å². The van der Waals surface area contributed by atoms with Crippen LogP contribution >= 0.6 is 11.6 Å². The molecule has 0 aliphatic carbocycles. The Kier molecular flexibility index (Phi) is 6.23. The van der Waals surface area contributed by atoms with E-state index in [2.05, 4.69) is 27.4 Å². The summed E-state index contributed by atoms with van der Waals surface area (Å²) in [5, 5.41) is 6.64. The number of morpholine rings is 1. The predicted molar refractivity (Wildman–Crippen MR) is 126 cm³/mol. The zero-order valence-electron chi connectivity index (χ0n) is 18.4. The molecule has 174 valence electrons. The van der Waals surface area contributed by atoms with Crippen molar-refractivity contribution in [3.63, 3.8) is 0 Å². The summed E-state index contributed by atoms with van der Waals surface area (Å²) in [4.78, 5) is 19.7. The van der Waals surface area contributed by atoms with Crippen molar-refractivity contribution in [3.05, 3.63) is 51.9 Å². The molecular formula is C24H26ClFN4O3. The molecule has 1 aromatic heterocycles. The molecule has 1 atom stereocenters. The van der Waals surface area contributed by atoms with Crippen molar-refractivity contribution < 1.29 is 18.7 Å². The summed E-state index contributed by atoms with van der Waals surface area (Å²) in [6, 6.07) is 4.23. The maximum atomic E-state index is 14.0. The van der Waals surface area contributed by atoms with Crippen molar-refractivity contribution in [3.8, 4) is 0 Å². The molecule has 3 aliphatic heterocycles. The van der Waals surface area contributed by atoms with Crippen LogP contribution in [0.25, 0.3) is 11.3 Å². The highest BCUT2D eigenvalue weighted by Crippen LogP contribution is 2.50. The fourth-order valence-corrected chi connectivity index (χ4v) is 4.90. The van der Waals surface area contributed by atoms with Gasteiger partial charge in [0.25, 0.3) is 5.91 Å². The van der Waals surface area contributed by atoms with Crippen LogP contribution in [0.1, 0.15) is 42.6 Å². The number of aromatic nitrogens is 1. The van der Waals surface area contributed by atoms with Crippen LogP contribution in [0.5, 0.6) is 0 Å². The van der Waals surface area contributed by atoms with E-state index in [0.29, 0.717) is 45.5 Å². The second-order valence-electron chi connectivity index (χ2n) is 8.37. The molecule has 0 bridgehead atoms. The van der Waals surface area contributed by atoms with E-state index < -0.39 is 5.82 Å². The highest BCUT2D eigenvalue weighted by atomic mass is 35.5.